The molecule has 0 saturated carbocycles. The van der Waals surface area contributed by atoms with Crippen molar-refractivity contribution in [3.63, 3.8) is 0 Å². The fraction of sp³-hybridized carbons (Fsp3) is 0.200. The average Bonchev–Trinajstić information content (AvgIpc) is 2.50. The lowest BCUT2D eigenvalue weighted by molar-refractivity contribution is -0.118. The zero-order chi connectivity index (χ0) is 14.8. The Morgan fingerprint density at radius 2 is 2.14 bits per heavy atom. The minimum atomic E-state index is -0.241. The number of anilines is 1. The molecule has 1 aliphatic rings. The van der Waals surface area contributed by atoms with Gasteiger partial charge in [-0.1, -0.05) is 35.9 Å². The van der Waals surface area contributed by atoms with Gasteiger partial charge in [0.05, 0.1) is 22.4 Å². The van der Waals surface area contributed by atoms with Crippen molar-refractivity contribution in [2.24, 2.45) is 0 Å². The van der Waals surface area contributed by atoms with E-state index in [0.717, 1.165) is 0 Å². The Kier molecular flexibility index (Phi) is 4.24. The molecule has 2 N–H and O–H groups in total. The Labute approximate surface area is 136 Å². The molecule has 6 heteroatoms. The number of nitrogens with zero attached hydrogens (tertiary/aromatic N) is 1. The summed E-state index contributed by atoms with van der Waals surface area (Å²) >= 11 is 9.13. The van der Waals surface area contributed by atoms with Crippen molar-refractivity contribution in [2.45, 2.75) is 19.0 Å². The SMILES string of the molecule is O=C(Nc1cnc(Cl)c(Br)c1)[C@@H]1Cc2ccccc2CN1. The summed E-state index contributed by atoms with van der Waals surface area (Å²) in [6, 6.07) is 9.66. The van der Waals surface area contributed by atoms with Crippen LogP contribution in [-0.2, 0) is 17.8 Å². The number of carbonyl (C=O) groups is 1. The summed E-state index contributed by atoms with van der Waals surface area (Å²) in [5.41, 5.74) is 3.08. The van der Waals surface area contributed by atoms with Gasteiger partial charge in [-0.2, -0.15) is 0 Å². The Hall–Kier alpha value is -1.43. The standard InChI is InChI=1S/C15H13BrClN3O/c16-12-6-11(8-19-14(12)17)20-15(21)13-5-9-3-1-2-4-10(9)7-18-13/h1-4,6,8,13,18H,5,7H2,(H,20,21)/t13-/m0/s1. The van der Waals surface area contributed by atoms with Gasteiger partial charge in [0, 0.05) is 6.54 Å². The smallest absolute Gasteiger partial charge is 0.241 e. The van der Waals surface area contributed by atoms with Gasteiger partial charge in [-0.3, -0.25) is 4.79 Å². The van der Waals surface area contributed by atoms with Crippen LogP contribution in [0.4, 0.5) is 5.69 Å². The van der Waals surface area contributed by atoms with E-state index in [0.29, 0.717) is 28.3 Å². The number of pyridine rings is 1. The predicted molar refractivity (Wildman–Crippen MR) is 86.4 cm³/mol. The molecule has 2 aromatic rings. The molecule has 4 nitrogen and oxygen atoms in total. The van der Waals surface area contributed by atoms with E-state index in [1.807, 2.05) is 12.1 Å². The van der Waals surface area contributed by atoms with Crippen LogP contribution < -0.4 is 10.6 Å². The first-order valence-corrected chi connectivity index (χ1v) is 7.72. The van der Waals surface area contributed by atoms with Gasteiger partial charge >= 0.3 is 0 Å². The van der Waals surface area contributed by atoms with E-state index in [1.165, 1.54) is 11.1 Å². The van der Waals surface area contributed by atoms with E-state index >= 15 is 0 Å². The molecule has 21 heavy (non-hydrogen) atoms. The van der Waals surface area contributed by atoms with Crippen molar-refractivity contribution in [3.05, 3.63) is 57.3 Å². The van der Waals surface area contributed by atoms with Crippen molar-refractivity contribution in [3.8, 4) is 0 Å². The largest absolute Gasteiger partial charge is 0.323 e. The number of rotatable bonds is 2. The van der Waals surface area contributed by atoms with Crippen LogP contribution in [-0.4, -0.2) is 16.9 Å². The maximum Gasteiger partial charge on any atom is 0.241 e. The molecule has 0 aliphatic carbocycles. The van der Waals surface area contributed by atoms with Gasteiger partial charge in [0.1, 0.15) is 5.15 Å². The number of hydrogen-bond acceptors (Lipinski definition) is 3. The molecule has 0 spiro atoms. The summed E-state index contributed by atoms with van der Waals surface area (Å²) in [7, 11) is 0. The maximum atomic E-state index is 12.3. The quantitative estimate of drug-likeness (QED) is 0.803. The van der Waals surface area contributed by atoms with Crippen molar-refractivity contribution < 1.29 is 4.79 Å². The molecule has 0 bridgehead atoms. The third kappa shape index (κ3) is 3.26. The summed E-state index contributed by atoms with van der Waals surface area (Å²) in [6.45, 7) is 0.705. The van der Waals surface area contributed by atoms with Crippen molar-refractivity contribution >= 4 is 39.1 Å². The predicted octanol–water partition coefficient (Wildman–Crippen LogP) is 3.15. The summed E-state index contributed by atoms with van der Waals surface area (Å²) in [5.74, 6) is -0.0690. The summed E-state index contributed by atoms with van der Waals surface area (Å²) < 4.78 is 0.656. The number of aromatic nitrogens is 1. The van der Waals surface area contributed by atoms with Gasteiger partial charge in [0.25, 0.3) is 0 Å². The van der Waals surface area contributed by atoms with Gasteiger partial charge in [-0.05, 0) is 39.5 Å². The zero-order valence-electron chi connectivity index (χ0n) is 11.1. The second kappa shape index (κ2) is 6.13. The van der Waals surface area contributed by atoms with E-state index < -0.39 is 0 Å². The number of nitrogens with one attached hydrogen (secondary N) is 2. The van der Waals surface area contributed by atoms with E-state index in [1.54, 1.807) is 12.3 Å². The first-order chi connectivity index (χ1) is 10.1. The van der Waals surface area contributed by atoms with Crippen LogP contribution in [0.3, 0.4) is 0 Å². The van der Waals surface area contributed by atoms with Gasteiger partial charge in [0.2, 0.25) is 5.91 Å². The molecule has 1 atom stereocenters. The first-order valence-electron chi connectivity index (χ1n) is 6.55. The zero-order valence-corrected chi connectivity index (χ0v) is 13.4. The molecule has 0 radical (unpaired) electrons. The Balaban J connectivity index is 1.70. The molecular formula is C15H13BrClN3O. The molecule has 0 saturated heterocycles. The van der Waals surface area contributed by atoms with E-state index in [-0.39, 0.29) is 11.9 Å². The van der Waals surface area contributed by atoms with Crippen LogP contribution >= 0.6 is 27.5 Å². The van der Waals surface area contributed by atoms with Crippen molar-refractivity contribution in [1.82, 2.24) is 10.3 Å². The minimum absolute atomic E-state index is 0.0690. The molecule has 1 aromatic carbocycles. The number of amides is 1. The highest BCUT2D eigenvalue weighted by atomic mass is 79.9. The van der Waals surface area contributed by atoms with Crippen molar-refractivity contribution in [1.29, 1.82) is 0 Å². The number of hydrogen-bond donors (Lipinski definition) is 2. The normalized spacial score (nSPS) is 17.1. The number of carbonyl (C=O) groups excluding carboxylic acids is 1. The highest BCUT2D eigenvalue weighted by molar-refractivity contribution is 9.10. The minimum Gasteiger partial charge on any atom is -0.323 e. The van der Waals surface area contributed by atoms with E-state index in [4.69, 9.17) is 11.6 Å². The number of halogens is 2. The van der Waals surface area contributed by atoms with Gasteiger partial charge in [-0.15, -0.1) is 0 Å². The third-order valence-electron chi connectivity index (χ3n) is 3.46. The average molecular weight is 367 g/mol. The lowest BCUT2D eigenvalue weighted by Crippen LogP contribution is -2.44. The third-order valence-corrected chi connectivity index (χ3v) is 4.60. The van der Waals surface area contributed by atoms with Gasteiger partial charge in [0.15, 0.2) is 0 Å². The molecule has 1 aromatic heterocycles. The molecule has 108 valence electrons. The van der Waals surface area contributed by atoms with Crippen molar-refractivity contribution in [2.75, 3.05) is 5.32 Å². The highest BCUT2D eigenvalue weighted by Gasteiger charge is 2.24. The first kappa shape index (κ1) is 14.5. The lowest BCUT2D eigenvalue weighted by Gasteiger charge is -2.25. The number of benzene rings is 1. The van der Waals surface area contributed by atoms with Crippen LogP contribution in [0.15, 0.2) is 41.0 Å². The summed E-state index contributed by atoms with van der Waals surface area (Å²) in [5, 5.41) is 6.48. The molecule has 0 fully saturated rings. The van der Waals surface area contributed by atoms with E-state index in [2.05, 4.69) is 43.7 Å². The Morgan fingerprint density at radius 1 is 1.38 bits per heavy atom. The monoisotopic (exact) mass is 365 g/mol. The maximum absolute atomic E-state index is 12.3. The Bertz CT molecular complexity index is 692. The summed E-state index contributed by atoms with van der Waals surface area (Å²) in [6.07, 6.45) is 2.23. The fourth-order valence-corrected chi connectivity index (χ4v) is 2.81. The fourth-order valence-electron chi connectivity index (χ4n) is 2.36. The molecule has 2 heterocycles. The molecule has 0 unspecified atom stereocenters. The molecular weight excluding hydrogens is 354 g/mol. The van der Waals surface area contributed by atoms with Gasteiger partial charge in [-0.25, -0.2) is 4.98 Å². The van der Waals surface area contributed by atoms with E-state index in [9.17, 15) is 4.79 Å². The van der Waals surface area contributed by atoms with Gasteiger partial charge < -0.3 is 10.6 Å². The molecule has 3 rings (SSSR count). The Morgan fingerprint density at radius 3 is 2.90 bits per heavy atom. The second-order valence-corrected chi connectivity index (χ2v) is 6.10. The highest BCUT2D eigenvalue weighted by Crippen LogP contribution is 2.23. The second-order valence-electron chi connectivity index (χ2n) is 4.89. The molecule has 1 amide bonds. The van der Waals surface area contributed by atoms with Crippen LogP contribution in [0.5, 0.6) is 0 Å². The van der Waals surface area contributed by atoms with Crippen LogP contribution in [0.1, 0.15) is 11.1 Å². The van der Waals surface area contributed by atoms with Crippen LogP contribution in [0.2, 0.25) is 5.15 Å². The van der Waals surface area contributed by atoms with Crippen LogP contribution in [0, 0.1) is 0 Å². The molecule has 1 aliphatic heterocycles. The van der Waals surface area contributed by atoms with Crippen LogP contribution in [0.25, 0.3) is 0 Å². The topological polar surface area (TPSA) is 54.0 Å². The lowest BCUT2D eigenvalue weighted by atomic mass is 9.95. The number of fused-ring (bicyclic) bond motifs is 1. The summed E-state index contributed by atoms with van der Waals surface area (Å²) in [4.78, 5) is 16.3.